The predicted molar refractivity (Wildman–Crippen MR) is 79.7 cm³/mol. The summed E-state index contributed by atoms with van der Waals surface area (Å²) >= 11 is 3.45. The number of likely N-dealkylation sites (tertiary alicyclic amines) is 1. The zero-order valence-electron chi connectivity index (χ0n) is 11.4. The molecule has 0 unspecified atom stereocenters. The molecule has 0 aliphatic carbocycles. The van der Waals surface area contributed by atoms with E-state index in [0.717, 1.165) is 16.9 Å². The van der Waals surface area contributed by atoms with Crippen molar-refractivity contribution in [2.45, 2.75) is 45.6 Å². The molecule has 0 bridgehead atoms. The molecule has 0 spiro atoms. The van der Waals surface area contributed by atoms with Crippen molar-refractivity contribution >= 4 is 15.9 Å². The highest BCUT2D eigenvalue weighted by Gasteiger charge is 2.19. The highest BCUT2D eigenvalue weighted by atomic mass is 79.9. The van der Waals surface area contributed by atoms with E-state index >= 15 is 0 Å². The minimum atomic E-state index is 0.688. The summed E-state index contributed by atoms with van der Waals surface area (Å²) in [6.07, 6.45) is 5.12. The third-order valence-corrected chi connectivity index (χ3v) is 4.32. The van der Waals surface area contributed by atoms with E-state index in [0.29, 0.717) is 6.04 Å². The molecule has 18 heavy (non-hydrogen) atoms. The van der Waals surface area contributed by atoms with Crippen LogP contribution in [-0.4, -0.2) is 29.0 Å². The Labute approximate surface area is 119 Å². The number of halogens is 1. The number of aromatic nitrogens is 1. The minimum absolute atomic E-state index is 0.688. The Morgan fingerprint density at radius 3 is 2.89 bits per heavy atom. The van der Waals surface area contributed by atoms with Crippen LogP contribution in [0.3, 0.4) is 0 Å². The lowest BCUT2D eigenvalue weighted by Crippen LogP contribution is -2.31. The second-order valence-electron chi connectivity index (χ2n) is 5.58. The monoisotopic (exact) mass is 310 g/mol. The first-order valence-electron chi connectivity index (χ1n) is 7.00. The molecule has 1 aliphatic heterocycles. The van der Waals surface area contributed by atoms with Gasteiger partial charge in [-0.3, -0.25) is 0 Å². The predicted octanol–water partition coefficient (Wildman–Crippen LogP) is 3.90. The summed E-state index contributed by atoms with van der Waals surface area (Å²) in [5.74, 6) is 0.801. The number of nitrogens with zero attached hydrogens (tertiary/aromatic N) is 2. The molecule has 100 valence electrons. The molecule has 3 heteroatoms. The van der Waals surface area contributed by atoms with E-state index in [9.17, 15) is 0 Å². The summed E-state index contributed by atoms with van der Waals surface area (Å²) < 4.78 is 0.956. The standard InChI is InChI=1S/C15H23BrN2/c1-12(2)18-9-4-5-13(8-10-18)11-14-6-3-7-15(16)17-14/h3,6-7,12-13H,4-5,8-11H2,1-2H3/t13-/m0/s1. The Kier molecular flexibility index (Phi) is 5.19. The summed E-state index contributed by atoms with van der Waals surface area (Å²) in [5, 5.41) is 0. The number of pyridine rings is 1. The molecule has 2 rings (SSSR count). The lowest BCUT2D eigenvalue weighted by atomic mass is 9.95. The fourth-order valence-electron chi connectivity index (χ4n) is 2.77. The molecule has 1 aromatic rings. The molecule has 2 heterocycles. The van der Waals surface area contributed by atoms with Crippen molar-refractivity contribution in [3.8, 4) is 0 Å². The van der Waals surface area contributed by atoms with E-state index < -0.39 is 0 Å². The van der Waals surface area contributed by atoms with E-state index in [-0.39, 0.29) is 0 Å². The van der Waals surface area contributed by atoms with Crippen LogP contribution in [0.2, 0.25) is 0 Å². The largest absolute Gasteiger partial charge is 0.301 e. The van der Waals surface area contributed by atoms with Gasteiger partial charge in [-0.05, 0) is 86.6 Å². The van der Waals surface area contributed by atoms with Gasteiger partial charge in [-0.2, -0.15) is 0 Å². The lowest BCUT2D eigenvalue weighted by Gasteiger charge is -2.24. The SMILES string of the molecule is CC(C)N1CCC[C@H](Cc2cccc(Br)n2)CC1. The molecule has 0 saturated carbocycles. The Balaban J connectivity index is 1.91. The van der Waals surface area contributed by atoms with Gasteiger partial charge >= 0.3 is 0 Å². The highest BCUT2D eigenvalue weighted by Crippen LogP contribution is 2.22. The fraction of sp³-hybridized carbons (Fsp3) is 0.667. The van der Waals surface area contributed by atoms with Gasteiger partial charge in [0.2, 0.25) is 0 Å². The van der Waals surface area contributed by atoms with Crippen LogP contribution in [0.1, 0.15) is 38.8 Å². The average Bonchev–Trinajstić information content (AvgIpc) is 2.55. The number of hydrogen-bond donors (Lipinski definition) is 0. The van der Waals surface area contributed by atoms with Crippen LogP contribution < -0.4 is 0 Å². The van der Waals surface area contributed by atoms with Crippen molar-refractivity contribution in [2.24, 2.45) is 5.92 Å². The smallest absolute Gasteiger partial charge is 0.106 e. The van der Waals surface area contributed by atoms with Crippen LogP contribution >= 0.6 is 15.9 Å². The molecule has 0 radical (unpaired) electrons. The van der Waals surface area contributed by atoms with Crippen LogP contribution in [0.25, 0.3) is 0 Å². The quantitative estimate of drug-likeness (QED) is 0.787. The van der Waals surface area contributed by atoms with Gasteiger partial charge in [0.1, 0.15) is 4.60 Å². The number of rotatable bonds is 3. The fourth-order valence-corrected chi connectivity index (χ4v) is 3.15. The lowest BCUT2D eigenvalue weighted by molar-refractivity contribution is 0.228. The summed E-state index contributed by atoms with van der Waals surface area (Å²) in [4.78, 5) is 7.16. The van der Waals surface area contributed by atoms with Crippen molar-refractivity contribution in [1.29, 1.82) is 0 Å². The zero-order valence-corrected chi connectivity index (χ0v) is 13.0. The van der Waals surface area contributed by atoms with Crippen molar-refractivity contribution in [1.82, 2.24) is 9.88 Å². The van der Waals surface area contributed by atoms with Crippen molar-refractivity contribution < 1.29 is 0 Å². The first-order valence-corrected chi connectivity index (χ1v) is 7.80. The van der Waals surface area contributed by atoms with Gasteiger partial charge in [0.25, 0.3) is 0 Å². The van der Waals surface area contributed by atoms with E-state index in [1.54, 1.807) is 0 Å². The van der Waals surface area contributed by atoms with Gasteiger partial charge in [-0.1, -0.05) is 6.07 Å². The van der Waals surface area contributed by atoms with E-state index in [2.05, 4.69) is 51.8 Å². The summed E-state index contributed by atoms with van der Waals surface area (Å²) in [5.41, 5.74) is 1.23. The first-order chi connectivity index (χ1) is 8.65. The Morgan fingerprint density at radius 2 is 2.17 bits per heavy atom. The maximum atomic E-state index is 4.56. The van der Waals surface area contributed by atoms with Crippen molar-refractivity contribution in [3.05, 3.63) is 28.5 Å². The highest BCUT2D eigenvalue weighted by molar-refractivity contribution is 9.10. The topological polar surface area (TPSA) is 16.1 Å². The maximum Gasteiger partial charge on any atom is 0.106 e. The Hall–Kier alpha value is -0.410. The molecule has 0 amide bonds. The molecule has 0 aromatic carbocycles. The van der Waals surface area contributed by atoms with Gasteiger partial charge in [0.05, 0.1) is 0 Å². The number of hydrogen-bond acceptors (Lipinski definition) is 2. The van der Waals surface area contributed by atoms with Crippen molar-refractivity contribution in [3.63, 3.8) is 0 Å². The Morgan fingerprint density at radius 1 is 1.33 bits per heavy atom. The molecule has 1 aliphatic rings. The summed E-state index contributed by atoms with van der Waals surface area (Å²) in [6, 6.07) is 6.92. The second-order valence-corrected chi connectivity index (χ2v) is 6.39. The van der Waals surface area contributed by atoms with Crippen LogP contribution in [0.4, 0.5) is 0 Å². The zero-order chi connectivity index (χ0) is 13.0. The normalized spacial score (nSPS) is 22.1. The van der Waals surface area contributed by atoms with Crippen LogP contribution in [-0.2, 0) is 6.42 Å². The molecule has 1 atom stereocenters. The van der Waals surface area contributed by atoms with Gasteiger partial charge < -0.3 is 4.90 Å². The van der Waals surface area contributed by atoms with Gasteiger partial charge in [-0.15, -0.1) is 0 Å². The molecule has 2 nitrogen and oxygen atoms in total. The van der Waals surface area contributed by atoms with Gasteiger partial charge in [0, 0.05) is 11.7 Å². The van der Waals surface area contributed by atoms with Crippen LogP contribution in [0.5, 0.6) is 0 Å². The second kappa shape index (κ2) is 6.67. The average molecular weight is 311 g/mol. The molecule has 1 saturated heterocycles. The van der Waals surface area contributed by atoms with E-state index in [1.807, 2.05) is 6.07 Å². The first kappa shape index (κ1) is 14.0. The molecule has 0 N–H and O–H groups in total. The van der Waals surface area contributed by atoms with E-state index in [1.165, 1.54) is 38.0 Å². The minimum Gasteiger partial charge on any atom is -0.301 e. The van der Waals surface area contributed by atoms with Crippen molar-refractivity contribution in [2.75, 3.05) is 13.1 Å². The molecular formula is C15H23BrN2. The molecule has 1 aromatic heterocycles. The summed E-state index contributed by atoms with van der Waals surface area (Å²) in [7, 11) is 0. The van der Waals surface area contributed by atoms with Gasteiger partial charge in [0.15, 0.2) is 0 Å². The van der Waals surface area contributed by atoms with E-state index in [4.69, 9.17) is 0 Å². The van der Waals surface area contributed by atoms with Gasteiger partial charge in [-0.25, -0.2) is 4.98 Å². The third-order valence-electron chi connectivity index (χ3n) is 3.88. The van der Waals surface area contributed by atoms with Crippen LogP contribution in [0, 0.1) is 5.92 Å². The van der Waals surface area contributed by atoms with Crippen LogP contribution in [0.15, 0.2) is 22.8 Å². The molecule has 1 fully saturated rings. The third kappa shape index (κ3) is 4.06. The molecular weight excluding hydrogens is 288 g/mol. The summed E-state index contributed by atoms with van der Waals surface area (Å²) in [6.45, 7) is 7.11. The Bertz CT molecular complexity index is 379. The maximum absolute atomic E-state index is 4.56.